The molecule has 3 aromatic rings. The zero-order chi connectivity index (χ0) is 27.5. The molecule has 0 spiro atoms. The van der Waals surface area contributed by atoms with E-state index in [-0.39, 0.29) is 29.0 Å². The summed E-state index contributed by atoms with van der Waals surface area (Å²) >= 11 is 0. The molecule has 4 rings (SSSR count). The number of β-lactam (4-membered cyclic amide) rings is 1. The molecule has 0 saturated carbocycles. The lowest BCUT2D eigenvalue weighted by molar-refractivity contribution is -0.135. The molecule has 1 fully saturated rings. The maximum absolute atomic E-state index is 14.0. The number of hydrogen-bond donors (Lipinski definition) is 0. The summed E-state index contributed by atoms with van der Waals surface area (Å²) in [5.74, 6) is 1.39. The third kappa shape index (κ3) is 5.81. The minimum Gasteiger partial charge on any atom is -0.497 e. The fourth-order valence-electron chi connectivity index (χ4n) is 4.88. The lowest BCUT2D eigenvalue weighted by atomic mass is 9.76. The number of carbonyl (C=O) groups is 1. The Hall–Kier alpha value is -3.09. The molecule has 38 heavy (non-hydrogen) atoms. The maximum atomic E-state index is 14.0. The zero-order valence-electron chi connectivity index (χ0n) is 23.7. The number of anilines is 1. The van der Waals surface area contributed by atoms with E-state index >= 15 is 0 Å². The van der Waals surface area contributed by atoms with E-state index in [1.165, 1.54) is 5.56 Å². The Balaban J connectivity index is 1.72. The van der Waals surface area contributed by atoms with E-state index in [4.69, 9.17) is 13.9 Å². The number of aryl methyl sites for hydroxylation is 1. The van der Waals surface area contributed by atoms with E-state index in [1.807, 2.05) is 47.4 Å². The maximum Gasteiger partial charge on any atom is 0.235 e. The highest BCUT2D eigenvalue weighted by atomic mass is 28.4. The van der Waals surface area contributed by atoms with Gasteiger partial charge in [0, 0.05) is 5.69 Å². The molecule has 5 nitrogen and oxygen atoms in total. The molecule has 1 aliphatic heterocycles. The number of rotatable bonds is 10. The van der Waals surface area contributed by atoms with Crippen LogP contribution >= 0.6 is 0 Å². The van der Waals surface area contributed by atoms with Crippen LogP contribution in [0, 0.1) is 5.92 Å². The van der Waals surface area contributed by atoms with Gasteiger partial charge >= 0.3 is 0 Å². The van der Waals surface area contributed by atoms with Gasteiger partial charge in [0.1, 0.15) is 11.5 Å². The highest BCUT2D eigenvalue weighted by Crippen LogP contribution is 2.49. The number of amides is 1. The summed E-state index contributed by atoms with van der Waals surface area (Å²) in [5, 5.41) is 0.0378. The van der Waals surface area contributed by atoms with Crippen molar-refractivity contribution in [1.82, 2.24) is 0 Å². The van der Waals surface area contributed by atoms with Crippen molar-refractivity contribution in [3.8, 4) is 11.5 Å². The number of nitrogens with zero attached hydrogens (tertiary/aromatic N) is 1. The van der Waals surface area contributed by atoms with E-state index in [9.17, 15) is 4.79 Å². The highest BCUT2D eigenvalue weighted by molar-refractivity contribution is 6.74. The van der Waals surface area contributed by atoms with Crippen molar-refractivity contribution in [2.75, 3.05) is 19.1 Å². The molecule has 1 heterocycles. The average molecular weight is 532 g/mol. The number of ether oxygens (including phenoxy) is 2. The normalized spacial score (nSPS) is 18.6. The first-order chi connectivity index (χ1) is 18.1. The molecule has 6 heteroatoms. The van der Waals surface area contributed by atoms with Crippen molar-refractivity contribution in [1.29, 1.82) is 0 Å². The Morgan fingerprint density at radius 1 is 0.842 bits per heavy atom. The second-order valence-electron chi connectivity index (χ2n) is 11.6. The summed E-state index contributed by atoms with van der Waals surface area (Å²) in [6, 6.07) is 26.1. The molecule has 0 aliphatic carbocycles. The van der Waals surface area contributed by atoms with E-state index in [1.54, 1.807) is 14.2 Å². The molecule has 3 atom stereocenters. The van der Waals surface area contributed by atoms with Gasteiger partial charge in [-0.1, -0.05) is 63.2 Å². The molecule has 3 aromatic carbocycles. The fourth-order valence-corrected chi connectivity index (χ4v) is 6.26. The van der Waals surface area contributed by atoms with E-state index in [2.05, 4.69) is 70.3 Å². The summed E-state index contributed by atoms with van der Waals surface area (Å²) < 4.78 is 17.8. The van der Waals surface area contributed by atoms with Crippen LogP contribution in [0.1, 0.15) is 44.4 Å². The Labute approximate surface area is 228 Å². The predicted molar refractivity (Wildman–Crippen MR) is 157 cm³/mol. The molecular weight excluding hydrogens is 490 g/mol. The van der Waals surface area contributed by atoms with Gasteiger partial charge in [0.15, 0.2) is 8.32 Å². The summed E-state index contributed by atoms with van der Waals surface area (Å²) in [7, 11) is 1.17. The lowest BCUT2D eigenvalue weighted by Gasteiger charge is -2.52. The lowest BCUT2D eigenvalue weighted by Crippen LogP contribution is -2.61. The quantitative estimate of drug-likeness (QED) is 0.202. The topological polar surface area (TPSA) is 48.0 Å². The molecular formula is C32H41NO4Si. The molecule has 1 amide bonds. The predicted octanol–water partition coefficient (Wildman–Crippen LogP) is 7.43. The van der Waals surface area contributed by atoms with Crippen LogP contribution in [0.2, 0.25) is 18.1 Å². The van der Waals surface area contributed by atoms with Crippen LogP contribution in [-0.2, 0) is 15.6 Å². The van der Waals surface area contributed by atoms with Crippen LogP contribution in [0.4, 0.5) is 5.69 Å². The first-order valence-corrected chi connectivity index (χ1v) is 16.3. The molecule has 0 aromatic heterocycles. The van der Waals surface area contributed by atoms with Crippen LogP contribution in [-0.4, -0.2) is 34.5 Å². The molecule has 0 N–H and O–H groups in total. The Morgan fingerprint density at radius 3 is 1.92 bits per heavy atom. The highest BCUT2D eigenvalue weighted by Gasteiger charge is 2.54. The van der Waals surface area contributed by atoms with Crippen molar-refractivity contribution >= 4 is 19.9 Å². The first-order valence-electron chi connectivity index (χ1n) is 13.4. The van der Waals surface area contributed by atoms with Gasteiger partial charge in [-0.15, -0.1) is 0 Å². The van der Waals surface area contributed by atoms with Crippen LogP contribution < -0.4 is 14.4 Å². The summed E-state index contributed by atoms with van der Waals surface area (Å²) in [6.45, 7) is 11.3. The van der Waals surface area contributed by atoms with Crippen LogP contribution in [0.15, 0.2) is 78.9 Å². The SMILES string of the molecule is COc1ccc([C@@H]2[C@@H]([C@@H](CCc3ccccc3)O[Si](C)(C)C(C)(C)C)C(=O)N2c2ccc(OC)cc2)cc1. The van der Waals surface area contributed by atoms with E-state index in [0.717, 1.165) is 35.6 Å². The van der Waals surface area contributed by atoms with Crippen molar-refractivity contribution in [3.05, 3.63) is 90.0 Å². The van der Waals surface area contributed by atoms with Gasteiger partial charge in [-0.3, -0.25) is 4.79 Å². The molecule has 202 valence electrons. The van der Waals surface area contributed by atoms with Gasteiger partial charge in [0.05, 0.1) is 32.3 Å². The van der Waals surface area contributed by atoms with Crippen molar-refractivity contribution in [2.45, 2.75) is 63.9 Å². The van der Waals surface area contributed by atoms with Gasteiger partial charge in [0.25, 0.3) is 0 Å². The largest absolute Gasteiger partial charge is 0.497 e. The first kappa shape index (κ1) is 27.9. The molecule has 0 radical (unpaired) electrons. The zero-order valence-corrected chi connectivity index (χ0v) is 24.7. The summed E-state index contributed by atoms with van der Waals surface area (Å²) in [4.78, 5) is 15.9. The third-order valence-corrected chi connectivity index (χ3v) is 12.7. The van der Waals surface area contributed by atoms with Gasteiger partial charge in [-0.25, -0.2) is 0 Å². The average Bonchev–Trinajstić information content (AvgIpc) is 2.90. The Bertz CT molecular complexity index is 1200. The molecule has 1 aliphatic rings. The smallest absolute Gasteiger partial charge is 0.235 e. The van der Waals surface area contributed by atoms with Gasteiger partial charge in [-0.2, -0.15) is 0 Å². The summed E-state index contributed by atoms with van der Waals surface area (Å²) in [6.07, 6.45) is 1.46. The Morgan fingerprint density at radius 2 is 1.39 bits per heavy atom. The van der Waals surface area contributed by atoms with E-state index in [0.29, 0.717) is 0 Å². The summed E-state index contributed by atoms with van der Waals surface area (Å²) in [5.41, 5.74) is 3.20. The third-order valence-electron chi connectivity index (χ3n) is 8.16. The number of hydrogen-bond acceptors (Lipinski definition) is 4. The van der Waals surface area contributed by atoms with Crippen LogP contribution in [0.5, 0.6) is 11.5 Å². The van der Waals surface area contributed by atoms with Crippen molar-refractivity contribution in [3.63, 3.8) is 0 Å². The minimum atomic E-state index is -2.15. The van der Waals surface area contributed by atoms with Crippen molar-refractivity contribution in [2.24, 2.45) is 5.92 Å². The standard InChI is InChI=1S/C32H41NO4Si/c1-32(2,3)38(6,7)37-28(22-13-23-11-9-8-10-12-23)29-30(24-14-18-26(35-4)19-15-24)33(31(29)34)25-16-20-27(36-5)21-17-25/h8-12,14-21,28-30H,13,22H2,1-7H3/t28-,29-,30-/m1/s1. The monoisotopic (exact) mass is 531 g/mol. The van der Waals surface area contributed by atoms with E-state index < -0.39 is 8.32 Å². The number of benzene rings is 3. The number of methoxy groups -OCH3 is 2. The second-order valence-corrected chi connectivity index (χ2v) is 16.3. The van der Waals surface area contributed by atoms with Gasteiger partial charge in [-0.05, 0) is 78.5 Å². The molecule has 0 bridgehead atoms. The fraction of sp³-hybridized carbons (Fsp3) is 0.406. The molecule has 0 unspecified atom stereocenters. The Kier molecular flexibility index (Phi) is 8.33. The number of carbonyl (C=O) groups excluding carboxylic acids is 1. The minimum absolute atomic E-state index is 0.0378. The molecule has 1 saturated heterocycles. The van der Waals surface area contributed by atoms with Crippen LogP contribution in [0.3, 0.4) is 0 Å². The van der Waals surface area contributed by atoms with Crippen LogP contribution in [0.25, 0.3) is 0 Å². The van der Waals surface area contributed by atoms with Crippen molar-refractivity contribution < 1.29 is 18.7 Å². The van der Waals surface area contributed by atoms with Gasteiger partial charge in [0.2, 0.25) is 5.91 Å². The van der Waals surface area contributed by atoms with Gasteiger partial charge < -0.3 is 18.8 Å². The second kappa shape index (κ2) is 11.3.